The molecule has 0 amide bonds. The highest BCUT2D eigenvalue weighted by Crippen LogP contribution is 2.21. The van der Waals surface area contributed by atoms with Gasteiger partial charge in [0.15, 0.2) is 16.3 Å². The number of rotatable bonds is 4. The predicted molar refractivity (Wildman–Crippen MR) is 109 cm³/mol. The molecule has 0 spiro atoms. The lowest BCUT2D eigenvalue weighted by atomic mass is 10.0. The summed E-state index contributed by atoms with van der Waals surface area (Å²) in [6.07, 6.45) is 1.73. The molecule has 0 N–H and O–H groups in total. The van der Waals surface area contributed by atoms with E-state index in [1.807, 2.05) is 30.3 Å². The number of nitrogens with zero attached hydrogens (tertiary/aromatic N) is 1. The second-order valence-corrected chi connectivity index (χ2v) is 11.2. The summed E-state index contributed by atoms with van der Waals surface area (Å²) in [5.74, 6) is 0.443. The maximum absolute atomic E-state index is 6.31. The van der Waals surface area contributed by atoms with E-state index in [2.05, 4.69) is 44.7 Å². The Morgan fingerprint density at radius 1 is 1.00 bits per heavy atom. The molecule has 0 aliphatic rings. The van der Waals surface area contributed by atoms with Gasteiger partial charge in [0.1, 0.15) is 5.52 Å². The minimum absolute atomic E-state index is 0.382. The summed E-state index contributed by atoms with van der Waals surface area (Å²) in [5, 5.41) is 2.63. The summed E-state index contributed by atoms with van der Waals surface area (Å²) < 4.78 is 11.7. The topological polar surface area (TPSA) is 39.2 Å². The molecule has 132 valence electrons. The van der Waals surface area contributed by atoms with Crippen molar-refractivity contribution in [2.75, 3.05) is 0 Å². The van der Waals surface area contributed by atoms with Crippen molar-refractivity contribution in [3.05, 3.63) is 71.6 Å². The summed E-state index contributed by atoms with van der Waals surface area (Å²) in [4.78, 5) is 4.86. The number of fused-ring (bicyclic) bond motifs is 1. The fourth-order valence-electron chi connectivity index (χ4n) is 3.27. The van der Waals surface area contributed by atoms with E-state index in [-0.39, 0.29) is 0 Å². The Hall–Kier alpha value is -2.30. The Labute approximate surface area is 158 Å². The maximum Gasteiger partial charge on any atom is 0.218 e. The van der Waals surface area contributed by atoms with Crippen molar-refractivity contribution in [1.82, 2.24) is 4.98 Å². The standard InChI is InChI=1S/C21H20ClNO2Si/c1-14(2)15-9-10-18-19(11-15)25-21(23-18)26(3,16-7-5-4-6-8-16)17-12-20(22)24-13-17/h4-14H,1-3H3. The first-order chi connectivity index (χ1) is 12.5. The molecule has 26 heavy (non-hydrogen) atoms. The Morgan fingerprint density at radius 3 is 2.42 bits per heavy atom. The molecule has 0 saturated heterocycles. The lowest BCUT2D eigenvalue weighted by molar-refractivity contribution is 0.571. The molecular formula is C21H20ClNO2Si. The molecule has 4 aromatic rings. The number of oxazole rings is 1. The molecule has 3 nitrogen and oxygen atoms in total. The van der Waals surface area contributed by atoms with Crippen LogP contribution in [0.3, 0.4) is 0 Å². The number of aromatic nitrogens is 1. The minimum Gasteiger partial charge on any atom is -0.453 e. The molecular weight excluding hydrogens is 362 g/mol. The van der Waals surface area contributed by atoms with E-state index in [4.69, 9.17) is 25.4 Å². The van der Waals surface area contributed by atoms with Gasteiger partial charge in [-0.2, -0.15) is 0 Å². The van der Waals surface area contributed by atoms with Crippen LogP contribution in [0.15, 0.2) is 69.7 Å². The zero-order valence-corrected chi connectivity index (χ0v) is 16.7. The Morgan fingerprint density at radius 2 is 1.77 bits per heavy atom. The van der Waals surface area contributed by atoms with Gasteiger partial charge in [0.05, 0.1) is 6.26 Å². The number of benzene rings is 2. The van der Waals surface area contributed by atoms with Gasteiger partial charge in [0.2, 0.25) is 8.07 Å². The molecule has 4 rings (SSSR count). The van der Waals surface area contributed by atoms with Crippen LogP contribution in [0.4, 0.5) is 0 Å². The Bertz CT molecular complexity index is 1050. The minimum atomic E-state index is -2.44. The molecule has 0 aliphatic carbocycles. The van der Waals surface area contributed by atoms with Gasteiger partial charge >= 0.3 is 0 Å². The summed E-state index contributed by atoms with van der Waals surface area (Å²) >= 11 is 6.08. The third-order valence-electron chi connectivity index (χ3n) is 5.00. The van der Waals surface area contributed by atoms with Gasteiger partial charge in [-0.05, 0) is 51.7 Å². The van der Waals surface area contributed by atoms with Gasteiger partial charge in [0.25, 0.3) is 0 Å². The van der Waals surface area contributed by atoms with Gasteiger partial charge in [0, 0.05) is 0 Å². The lowest BCUT2D eigenvalue weighted by Gasteiger charge is -2.22. The average Bonchev–Trinajstić information content (AvgIpc) is 3.27. The van der Waals surface area contributed by atoms with Crippen molar-refractivity contribution in [1.29, 1.82) is 0 Å². The van der Waals surface area contributed by atoms with Crippen LogP contribution in [0.1, 0.15) is 25.3 Å². The van der Waals surface area contributed by atoms with Crippen molar-refractivity contribution >= 4 is 46.7 Å². The zero-order chi connectivity index (χ0) is 18.3. The van der Waals surface area contributed by atoms with Gasteiger partial charge in [-0.3, -0.25) is 0 Å². The summed E-state index contributed by atoms with van der Waals surface area (Å²) in [6, 6.07) is 18.5. The van der Waals surface area contributed by atoms with Crippen LogP contribution in [0, 0.1) is 0 Å². The van der Waals surface area contributed by atoms with E-state index in [0.29, 0.717) is 11.1 Å². The predicted octanol–water partition coefficient (Wildman–Crippen LogP) is 4.30. The largest absolute Gasteiger partial charge is 0.453 e. The summed E-state index contributed by atoms with van der Waals surface area (Å²) in [7, 11) is -2.44. The van der Waals surface area contributed by atoms with E-state index in [1.54, 1.807) is 6.26 Å². The quantitative estimate of drug-likeness (QED) is 0.495. The highest BCUT2D eigenvalue weighted by molar-refractivity contribution is 7.09. The van der Waals surface area contributed by atoms with Crippen molar-refractivity contribution in [2.24, 2.45) is 0 Å². The first kappa shape index (κ1) is 17.1. The number of halogens is 1. The van der Waals surface area contributed by atoms with Crippen molar-refractivity contribution in [2.45, 2.75) is 26.3 Å². The van der Waals surface area contributed by atoms with E-state index >= 15 is 0 Å². The normalized spacial score (nSPS) is 14.0. The van der Waals surface area contributed by atoms with Gasteiger partial charge in [-0.25, -0.2) is 4.98 Å². The summed E-state index contributed by atoms with van der Waals surface area (Å²) in [6.45, 7) is 6.57. The molecule has 0 radical (unpaired) electrons. The molecule has 1 unspecified atom stereocenters. The molecule has 5 heteroatoms. The maximum atomic E-state index is 6.31. The van der Waals surface area contributed by atoms with E-state index in [1.165, 1.54) is 10.8 Å². The van der Waals surface area contributed by atoms with Crippen molar-refractivity contribution in [3.8, 4) is 0 Å². The first-order valence-corrected chi connectivity index (χ1v) is 11.6. The molecule has 0 fully saturated rings. The number of hydrogen-bond acceptors (Lipinski definition) is 3. The van der Waals surface area contributed by atoms with Crippen molar-refractivity contribution < 1.29 is 8.83 Å². The molecule has 0 bridgehead atoms. The molecule has 1 atom stereocenters. The van der Waals surface area contributed by atoms with Crippen LogP contribution in [0.25, 0.3) is 11.1 Å². The number of furan rings is 1. The first-order valence-electron chi connectivity index (χ1n) is 8.69. The lowest BCUT2D eigenvalue weighted by Crippen LogP contribution is -2.64. The molecule has 2 aromatic heterocycles. The fraction of sp³-hybridized carbons (Fsp3) is 0.190. The SMILES string of the molecule is CC(C)c1ccc2nc([Si](C)(c3ccccc3)c3coc(Cl)c3)oc2c1. The second kappa shape index (κ2) is 6.45. The van der Waals surface area contributed by atoms with E-state index < -0.39 is 8.07 Å². The van der Waals surface area contributed by atoms with Gasteiger partial charge < -0.3 is 8.83 Å². The van der Waals surface area contributed by atoms with Crippen LogP contribution < -0.4 is 15.9 Å². The third kappa shape index (κ3) is 2.79. The van der Waals surface area contributed by atoms with Crippen LogP contribution in [0.5, 0.6) is 0 Å². The Balaban J connectivity index is 1.93. The third-order valence-corrected chi connectivity index (χ3v) is 9.18. The fourth-order valence-corrected chi connectivity index (χ4v) is 6.58. The van der Waals surface area contributed by atoms with E-state index in [0.717, 1.165) is 21.8 Å². The van der Waals surface area contributed by atoms with Crippen LogP contribution in [0.2, 0.25) is 11.8 Å². The monoisotopic (exact) mass is 381 g/mol. The van der Waals surface area contributed by atoms with Crippen LogP contribution in [-0.2, 0) is 0 Å². The molecule has 2 aromatic carbocycles. The summed E-state index contributed by atoms with van der Waals surface area (Å²) in [5.41, 5.74) is 3.72. The van der Waals surface area contributed by atoms with E-state index in [9.17, 15) is 0 Å². The smallest absolute Gasteiger partial charge is 0.218 e. The molecule has 2 heterocycles. The van der Waals surface area contributed by atoms with Crippen LogP contribution in [-0.4, -0.2) is 13.1 Å². The number of hydrogen-bond donors (Lipinski definition) is 0. The van der Waals surface area contributed by atoms with Gasteiger partial charge in [-0.1, -0.05) is 56.8 Å². The van der Waals surface area contributed by atoms with Gasteiger partial charge in [-0.15, -0.1) is 0 Å². The molecule has 0 saturated carbocycles. The second-order valence-electron chi connectivity index (χ2n) is 7.03. The Kier molecular flexibility index (Phi) is 4.25. The van der Waals surface area contributed by atoms with Crippen LogP contribution >= 0.6 is 11.6 Å². The zero-order valence-electron chi connectivity index (χ0n) is 15.0. The highest BCUT2D eigenvalue weighted by atomic mass is 35.5. The average molecular weight is 382 g/mol. The molecule has 0 aliphatic heterocycles. The highest BCUT2D eigenvalue weighted by Gasteiger charge is 2.41. The van der Waals surface area contributed by atoms with Crippen molar-refractivity contribution in [3.63, 3.8) is 0 Å².